The van der Waals surface area contributed by atoms with Crippen molar-refractivity contribution in [1.29, 1.82) is 0 Å². The van der Waals surface area contributed by atoms with E-state index >= 15 is 0 Å². The standard InChI is InChI=1S/C36H26N2O/c1-5-13-33-29(9-1)30-10-2-6-14-34(30)37(33)25-17-21-27(22-18-25)39-28-23-19-26(20-24-28)38-35-15-7-3-11-31(35)32-12-4-8-16-36(32)38/h1-24,29,33H. The lowest BCUT2D eigenvalue weighted by Crippen LogP contribution is -2.28. The molecule has 2 heterocycles. The topological polar surface area (TPSA) is 17.4 Å². The lowest BCUT2D eigenvalue weighted by Gasteiger charge is -2.28. The molecule has 2 atom stereocenters. The number of hydrogen-bond donors (Lipinski definition) is 0. The molecule has 3 nitrogen and oxygen atoms in total. The molecular formula is C36H26N2O. The number of fused-ring (bicyclic) bond motifs is 6. The monoisotopic (exact) mass is 502 g/mol. The zero-order chi connectivity index (χ0) is 25.8. The minimum atomic E-state index is 0.299. The molecule has 0 saturated heterocycles. The molecular weight excluding hydrogens is 476 g/mol. The van der Waals surface area contributed by atoms with E-state index in [4.69, 9.17) is 4.74 Å². The van der Waals surface area contributed by atoms with Gasteiger partial charge in [-0.1, -0.05) is 78.9 Å². The third-order valence-electron chi connectivity index (χ3n) is 7.98. The lowest BCUT2D eigenvalue weighted by atomic mass is 9.91. The van der Waals surface area contributed by atoms with Crippen molar-refractivity contribution in [2.45, 2.75) is 12.0 Å². The van der Waals surface area contributed by atoms with Crippen LogP contribution >= 0.6 is 0 Å². The van der Waals surface area contributed by atoms with E-state index < -0.39 is 0 Å². The molecule has 0 radical (unpaired) electrons. The third-order valence-corrected chi connectivity index (χ3v) is 7.98. The first-order valence-corrected chi connectivity index (χ1v) is 13.4. The number of aromatic nitrogens is 1. The Labute approximate surface area is 227 Å². The van der Waals surface area contributed by atoms with E-state index in [2.05, 4.69) is 143 Å². The molecule has 2 aliphatic rings. The van der Waals surface area contributed by atoms with Crippen LogP contribution in [0.3, 0.4) is 0 Å². The molecule has 5 aromatic carbocycles. The Morgan fingerprint density at radius 2 is 1.08 bits per heavy atom. The van der Waals surface area contributed by atoms with Gasteiger partial charge in [-0.05, 0) is 72.3 Å². The van der Waals surface area contributed by atoms with E-state index in [9.17, 15) is 0 Å². The second kappa shape index (κ2) is 8.78. The van der Waals surface area contributed by atoms with Gasteiger partial charge in [0.1, 0.15) is 11.5 Å². The molecule has 2 unspecified atom stereocenters. The van der Waals surface area contributed by atoms with Gasteiger partial charge in [0.05, 0.1) is 17.1 Å². The van der Waals surface area contributed by atoms with Crippen LogP contribution in [0.2, 0.25) is 0 Å². The van der Waals surface area contributed by atoms with Gasteiger partial charge >= 0.3 is 0 Å². The molecule has 1 aliphatic carbocycles. The number of ether oxygens (including phenoxy) is 1. The summed E-state index contributed by atoms with van der Waals surface area (Å²) >= 11 is 0. The highest BCUT2D eigenvalue weighted by atomic mass is 16.5. The van der Waals surface area contributed by atoms with Crippen LogP contribution in [0.1, 0.15) is 11.5 Å². The first-order valence-electron chi connectivity index (χ1n) is 13.4. The largest absolute Gasteiger partial charge is 0.457 e. The predicted octanol–water partition coefficient (Wildman–Crippen LogP) is 9.31. The summed E-state index contributed by atoms with van der Waals surface area (Å²) in [6, 6.07) is 43.0. The van der Waals surface area contributed by atoms with Crippen molar-refractivity contribution in [3.05, 3.63) is 151 Å². The van der Waals surface area contributed by atoms with Crippen molar-refractivity contribution >= 4 is 33.2 Å². The molecule has 1 aliphatic heterocycles. The van der Waals surface area contributed by atoms with Crippen LogP contribution in [-0.2, 0) is 0 Å². The van der Waals surface area contributed by atoms with E-state index in [1.54, 1.807) is 0 Å². The number of anilines is 2. The summed E-state index contributed by atoms with van der Waals surface area (Å²) < 4.78 is 8.59. The number of hydrogen-bond acceptors (Lipinski definition) is 2. The normalized spacial score (nSPS) is 17.5. The predicted molar refractivity (Wildman–Crippen MR) is 161 cm³/mol. The van der Waals surface area contributed by atoms with E-state index in [1.807, 2.05) is 12.1 Å². The van der Waals surface area contributed by atoms with Gasteiger partial charge in [-0.2, -0.15) is 0 Å². The summed E-state index contributed by atoms with van der Waals surface area (Å²) in [4.78, 5) is 2.43. The summed E-state index contributed by atoms with van der Waals surface area (Å²) in [7, 11) is 0. The van der Waals surface area contributed by atoms with Crippen molar-refractivity contribution < 1.29 is 4.74 Å². The van der Waals surface area contributed by atoms with Gasteiger partial charge in [0.2, 0.25) is 0 Å². The minimum Gasteiger partial charge on any atom is -0.457 e. The van der Waals surface area contributed by atoms with Crippen LogP contribution in [0.15, 0.2) is 146 Å². The van der Waals surface area contributed by atoms with Gasteiger partial charge in [-0.25, -0.2) is 0 Å². The van der Waals surface area contributed by atoms with Crippen LogP contribution in [0.5, 0.6) is 11.5 Å². The first kappa shape index (κ1) is 22.0. The average molecular weight is 503 g/mol. The number of para-hydroxylation sites is 3. The summed E-state index contributed by atoms with van der Waals surface area (Å²) in [5.74, 6) is 2.03. The van der Waals surface area contributed by atoms with Gasteiger partial charge in [-0.15, -0.1) is 0 Å². The van der Waals surface area contributed by atoms with Crippen molar-refractivity contribution in [2.75, 3.05) is 4.90 Å². The molecule has 0 fully saturated rings. The second-order valence-electron chi connectivity index (χ2n) is 10.2. The van der Waals surface area contributed by atoms with E-state index in [0.29, 0.717) is 12.0 Å². The van der Waals surface area contributed by atoms with Crippen molar-refractivity contribution in [3.8, 4) is 17.2 Å². The van der Waals surface area contributed by atoms with Crippen molar-refractivity contribution in [1.82, 2.24) is 4.57 Å². The quantitative estimate of drug-likeness (QED) is 0.239. The van der Waals surface area contributed by atoms with Crippen LogP contribution < -0.4 is 9.64 Å². The number of nitrogens with zero attached hydrogens (tertiary/aromatic N) is 2. The fourth-order valence-electron chi connectivity index (χ4n) is 6.27. The zero-order valence-electron chi connectivity index (χ0n) is 21.3. The van der Waals surface area contributed by atoms with Gasteiger partial charge in [0, 0.05) is 33.8 Å². The maximum atomic E-state index is 6.27. The maximum absolute atomic E-state index is 6.27. The molecule has 0 bridgehead atoms. The van der Waals surface area contributed by atoms with Gasteiger partial charge < -0.3 is 14.2 Å². The Bertz CT molecular complexity index is 1840. The van der Waals surface area contributed by atoms with E-state index in [-0.39, 0.29) is 0 Å². The fourth-order valence-corrected chi connectivity index (χ4v) is 6.27. The first-order chi connectivity index (χ1) is 19.3. The Balaban J connectivity index is 1.07. The Kier molecular flexibility index (Phi) is 4.95. The number of benzene rings is 5. The fraction of sp³-hybridized carbons (Fsp3) is 0.0556. The van der Waals surface area contributed by atoms with Crippen LogP contribution in [0.25, 0.3) is 27.5 Å². The lowest BCUT2D eigenvalue weighted by molar-refractivity contribution is 0.482. The molecule has 0 amide bonds. The molecule has 3 heteroatoms. The van der Waals surface area contributed by atoms with Gasteiger partial charge in [-0.3, -0.25) is 0 Å². The summed E-state index contributed by atoms with van der Waals surface area (Å²) in [6.07, 6.45) is 8.92. The second-order valence-corrected chi connectivity index (χ2v) is 10.2. The molecule has 39 heavy (non-hydrogen) atoms. The van der Waals surface area contributed by atoms with Crippen LogP contribution in [0, 0.1) is 0 Å². The zero-order valence-corrected chi connectivity index (χ0v) is 21.3. The van der Waals surface area contributed by atoms with Gasteiger partial charge in [0.15, 0.2) is 0 Å². The highest BCUT2D eigenvalue weighted by Gasteiger charge is 2.36. The molecule has 1 aromatic heterocycles. The number of allylic oxidation sites excluding steroid dienone is 2. The smallest absolute Gasteiger partial charge is 0.127 e. The highest BCUT2D eigenvalue weighted by Crippen LogP contribution is 2.47. The Hall–Kier alpha value is -5.02. The minimum absolute atomic E-state index is 0.299. The van der Waals surface area contributed by atoms with Crippen molar-refractivity contribution in [2.24, 2.45) is 0 Å². The molecule has 6 aromatic rings. The maximum Gasteiger partial charge on any atom is 0.127 e. The number of rotatable bonds is 4. The Morgan fingerprint density at radius 1 is 0.513 bits per heavy atom. The summed E-state index contributed by atoms with van der Waals surface area (Å²) in [5.41, 5.74) is 7.36. The van der Waals surface area contributed by atoms with Crippen LogP contribution in [0.4, 0.5) is 11.4 Å². The third kappa shape index (κ3) is 3.51. The SMILES string of the molecule is C1=CC2c3ccccc3N(c3ccc(Oc4ccc(-n5c6ccccc6c6ccccc65)cc4)cc3)C2C=C1. The molecule has 0 N–H and O–H groups in total. The van der Waals surface area contributed by atoms with Gasteiger partial charge in [0.25, 0.3) is 0 Å². The molecule has 186 valence electrons. The molecule has 0 spiro atoms. The Morgan fingerprint density at radius 3 is 1.77 bits per heavy atom. The molecule has 0 saturated carbocycles. The van der Waals surface area contributed by atoms with Crippen molar-refractivity contribution in [3.63, 3.8) is 0 Å². The van der Waals surface area contributed by atoms with E-state index in [0.717, 1.165) is 17.2 Å². The van der Waals surface area contributed by atoms with E-state index in [1.165, 1.54) is 38.7 Å². The molecule has 8 rings (SSSR count). The summed E-state index contributed by atoms with van der Waals surface area (Å²) in [5, 5.41) is 2.53. The highest BCUT2D eigenvalue weighted by molar-refractivity contribution is 6.09. The average Bonchev–Trinajstić information content (AvgIpc) is 3.51. The van der Waals surface area contributed by atoms with Crippen LogP contribution in [-0.4, -0.2) is 10.6 Å². The summed E-state index contributed by atoms with van der Waals surface area (Å²) in [6.45, 7) is 0.